The van der Waals surface area contributed by atoms with Crippen LogP contribution >= 0.6 is 0 Å². The van der Waals surface area contributed by atoms with Gasteiger partial charge in [-0.2, -0.15) is 5.10 Å². The van der Waals surface area contributed by atoms with E-state index in [0.717, 1.165) is 30.3 Å². The van der Waals surface area contributed by atoms with Gasteiger partial charge in [0.25, 0.3) is 0 Å². The van der Waals surface area contributed by atoms with E-state index < -0.39 is 4.92 Å². The van der Waals surface area contributed by atoms with Crippen molar-refractivity contribution in [3.8, 4) is 0 Å². The second-order valence-electron chi connectivity index (χ2n) is 5.69. The third-order valence-electron chi connectivity index (χ3n) is 4.03. The Labute approximate surface area is 139 Å². The molecule has 3 rings (SSSR count). The topological polar surface area (TPSA) is 98.3 Å². The van der Waals surface area contributed by atoms with Crippen LogP contribution in [0.3, 0.4) is 0 Å². The molecule has 0 spiro atoms. The number of nitrogens with one attached hydrogen (secondary N) is 1. The van der Waals surface area contributed by atoms with Crippen LogP contribution in [0.5, 0.6) is 0 Å². The van der Waals surface area contributed by atoms with Gasteiger partial charge in [0.1, 0.15) is 11.5 Å². The van der Waals surface area contributed by atoms with Crippen LogP contribution in [-0.2, 0) is 11.8 Å². The Hall–Kier alpha value is -2.68. The van der Waals surface area contributed by atoms with E-state index in [1.165, 1.54) is 4.68 Å². The van der Waals surface area contributed by atoms with E-state index in [1.807, 2.05) is 19.1 Å². The molecule has 0 radical (unpaired) electrons. The highest BCUT2D eigenvalue weighted by molar-refractivity contribution is 5.69. The lowest BCUT2D eigenvalue weighted by Crippen LogP contribution is -2.36. The van der Waals surface area contributed by atoms with Crippen molar-refractivity contribution < 1.29 is 9.66 Å². The van der Waals surface area contributed by atoms with E-state index in [9.17, 15) is 10.1 Å². The number of nitrogens with zero attached hydrogens (tertiary/aromatic N) is 5. The molecule has 0 saturated carbocycles. The largest absolute Gasteiger partial charge is 0.378 e. The van der Waals surface area contributed by atoms with Crippen molar-refractivity contribution in [2.75, 3.05) is 36.5 Å². The predicted octanol–water partition coefficient (Wildman–Crippen LogP) is 1.92. The maximum Gasteiger partial charge on any atom is 0.334 e. The van der Waals surface area contributed by atoms with Crippen LogP contribution < -0.4 is 10.2 Å². The highest BCUT2D eigenvalue weighted by Crippen LogP contribution is 2.31. The zero-order valence-corrected chi connectivity index (χ0v) is 13.9. The molecule has 2 aromatic heterocycles. The molecule has 0 atom stereocenters. The molecule has 0 aliphatic carbocycles. The molecule has 0 aromatic carbocycles. The number of nitro groups is 1. The molecule has 9 nitrogen and oxygen atoms in total. The minimum Gasteiger partial charge on any atom is -0.378 e. The van der Waals surface area contributed by atoms with Gasteiger partial charge in [-0.3, -0.25) is 10.1 Å². The van der Waals surface area contributed by atoms with E-state index in [1.54, 1.807) is 14.0 Å². The second-order valence-corrected chi connectivity index (χ2v) is 5.69. The van der Waals surface area contributed by atoms with Crippen molar-refractivity contribution in [2.24, 2.45) is 7.05 Å². The van der Waals surface area contributed by atoms with E-state index in [0.29, 0.717) is 24.7 Å². The number of anilines is 3. The number of aryl methyl sites for hydroxylation is 3. The van der Waals surface area contributed by atoms with Crippen molar-refractivity contribution in [1.82, 2.24) is 14.8 Å². The van der Waals surface area contributed by atoms with Crippen molar-refractivity contribution in [2.45, 2.75) is 13.8 Å². The fourth-order valence-corrected chi connectivity index (χ4v) is 2.78. The SMILES string of the molecule is Cc1nc(N2CCOCC2)ccc1Nc1c([N+](=O)[O-])c(C)nn1C. The van der Waals surface area contributed by atoms with Crippen LogP contribution in [0.4, 0.5) is 23.0 Å². The minimum atomic E-state index is -0.421. The van der Waals surface area contributed by atoms with E-state index >= 15 is 0 Å². The van der Waals surface area contributed by atoms with Crippen molar-refractivity contribution in [3.05, 3.63) is 33.6 Å². The molecule has 1 fully saturated rings. The fourth-order valence-electron chi connectivity index (χ4n) is 2.78. The normalized spacial score (nSPS) is 14.7. The summed E-state index contributed by atoms with van der Waals surface area (Å²) in [6.07, 6.45) is 0. The van der Waals surface area contributed by atoms with Gasteiger partial charge in [0.2, 0.25) is 5.82 Å². The van der Waals surface area contributed by atoms with Gasteiger partial charge in [-0.15, -0.1) is 0 Å². The molecule has 3 heterocycles. The lowest BCUT2D eigenvalue weighted by Gasteiger charge is -2.28. The maximum atomic E-state index is 11.3. The standard InChI is InChI=1S/C15H20N6O3/c1-10-12(4-5-13(16-10)20-6-8-24-9-7-20)17-15-14(21(22)23)11(2)18-19(15)3/h4-5,17H,6-9H2,1-3H3. The fraction of sp³-hybridized carbons (Fsp3) is 0.467. The smallest absolute Gasteiger partial charge is 0.334 e. The first-order valence-electron chi connectivity index (χ1n) is 7.72. The summed E-state index contributed by atoms with van der Waals surface area (Å²) in [6.45, 7) is 6.51. The van der Waals surface area contributed by atoms with Gasteiger partial charge in [0.05, 0.1) is 29.5 Å². The Balaban J connectivity index is 1.87. The highest BCUT2D eigenvalue weighted by Gasteiger charge is 2.24. The molecule has 24 heavy (non-hydrogen) atoms. The summed E-state index contributed by atoms with van der Waals surface area (Å²) < 4.78 is 6.82. The third kappa shape index (κ3) is 3.02. The van der Waals surface area contributed by atoms with Gasteiger partial charge >= 0.3 is 5.69 Å². The Morgan fingerprint density at radius 3 is 2.58 bits per heavy atom. The molecule has 9 heteroatoms. The van der Waals surface area contributed by atoms with Gasteiger partial charge in [0.15, 0.2) is 0 Å². The van der Waals surface area contributed by atoms with Crippen LogP contribution in [0.15, 0.2) is 12.1 Å². The van der Waals surface area contributed by atoms with E-state index in [2.05, 4.69) is 20.3 Å². The minimum absolute atomic E-state index is 0.0193. The molecule has 0 amide bonds. The van der Waals surface area contributed by atoms with Gasteiger partial charge in [0, 0.05) is 20.1 Å². The van der Waals surface area contributed by atoms with Crippen molar-refractivity contribution in [1.29, 1.82) is 0 Å². The number of hydrogen-bond acceptors (Lipinski definition) is 7. The number of hydrogen-bond donors (Lipinski definition) is 1. The zero-order chi connectivity index (χ0) is 17.3. The van der Waals surface area contributed by atoms with Crippen LogP contribution in [-0.4, -0.2) is 46.0 Å². The van der Waals surface area contributed by atoms with Crippen LogP contribution in [0, 0.1) is 24.0 Å². The molecule has 1 saturated heterocycles. The van der Waals surface area contributed by atoms with Gasteiger partial charge < -0.3 is 15.0 Å². The zero-order valence-electron chi connectivity index (χ0n) is 13.9. The molecule has 0 bridgehead atoms. The first kappa shape index (κ1) is 16.2. The molecular formula is C15H20N6O3. The Kier molecular flexibility index (Phi) is 4.34. The molecule has 1 N–H and O–H groups in total. The first-order valence-corrected chi connectivity index (χ1v) is 7.72. The third-order valence-corrected chi connectivity index (χ3v) is 4.03. The number of morpholine rings is 1. The summed E-state index contributed by atoms with van der Waals surface area (Å²) in [5.41, 5.74) is 1.85. The average molecular weight is 332 g/mol. The summed E-state index contributed by atoms with van der Waals surface area (Å²) in [4.78, 5) is 17.6. The molecule has 0 unspecified atom stereocenters. The van der Waals surface area contributed by atoms with Crippen molar-refractivity contribution in [3.63, 3.8) is 0 Å². The van der Waals surface area contributed by atoms with Crippen LogP contribution in [0.25, 0.3) is 0 Å². The van der Waals surface area contributed by atoms with Crippen LogP contribution in [0.1, 0.15) is 11.4 Å². The summed E-state index contributed by atoms with van der Waals surface area (Å²) in [5, 5.41) is 18.5. The van der Waals surface area contributed by atoms with Crippen molar-refractivity contribution >= 4 is 23.0 Å². The lowest BCUT2D eigenvalue weighted by molar-refractivity contribution is -0.384. The van der Waals surface area contributed by atoms with E-state index in [4.69, 9.17) is 4.74 Å². The molecule has 1 aliphatic rings. The summed E-state index contributed by atoms with van der Waals surface area (Å²) in [6, 6.07) is 3.80. The first-order chi connectivity index (χ1) is 11.5. The average Bonchev–Trinajstić information content (AvgIpc) is 2.84. The summed E-state index contributed by atoms with van der Waals surface area (Å²) in [5.74, 6) is 1.23. The monoisotopic (exact) mass is 332 g/mol. The number of pyridine rings is 1. The highest BCUT2D eigenvalue weighted by atomic mass is 16.6. The van der Waals surface area contributed by atoms with Gasteiger partial charge in [-0.25, -0.2) is 9.67 Å². The predicted molar refractivity (Wildman–Crippen MR) is 89.9 cm³/mol. The maximum absolute atomic E-state index is 11.3. The number of aromatic nitrogens is 3. The Bertz CT molecular complexity index is 767. The Morgan fingerprint density at radius 2 is 1.96 bits per heavy atom. The molecular weight excluding hydrogens is 312 g/mol. The number of ether oxygens (including phenoxy) is 1. The molecule has 2 aromatic rings. The van der Waals surface area contributed by atoms with E-state index in [-0.39, 0.29) is 5.69 Å². The van der Waals surface area contributed by atoms with Crippen LogP contribution in [0.2, 0.25) is 0 Å². The Morgan fingerprint density at radius 1 is 1.25 bits per heavy atom. The lowest BCUT2D eigenvalue weighted by atomic mass is 10.2. The molecule has 128 valence electrons. The quantitative estimate of drug-likeness (QED) is 0.674. The van der Waals surface area contributed by atoms with Gasteiger partial charge in [-0.1, -0.05) is 0 Å². The molecule has 1 aliphatic heterocycles. The summed E-state index contributed by atoms with van der Waals surface area (Å²) in [7, 11) is 1.67. The second kappa shape index (κ2) is 6.44. The van der Waals surface area contributed by atoms with Gasteiger partial charge in [-0.05, 0) is 26.0 Å². The number of rotatable bonds is 4. The summed E-state index contributed by atoms with van der Waals surface area (Å²) >= 11 is 0.